The van der Waals surface area contributed by atoms with E-state index in [0.717, 1.165) is 12.8 Å². The lowest BCUT2D eigenvalue weighted by molar-refractivity contribution is 0.102. The van der Waals surface area contributed by atoms with Crippen LogP contribution in [-0.4, -0.2) is 31.6 Å². The number of rotatable bonds is 4. The summed E-state index contributed by atoms with van der Waals surface area (Å²) < 4.78 is 26.4. The van der Waals surface area contributed by atoms with E-state index < -0.39 is 10.0 Å². The van der Waals surface area contributed by atoms with Crippen molar-refractivity contribution in [1.29, 1.82) is 0 Å². The number of pyridine rings is 1. The maximum Gasteiger partial charge on any atom is 0.255 e. The fraction of sp³-hybridized carbons (Fsp3) is 0.208. The number of aromatic nitrogens is 1. The zero-order valence-corrected chi connectivity index (χ0v) is 19.2. The van der Waals surface area contributed by atoms with Gasteiger partial charge in [-0.3, -0.25) is 14.1 Å². The van der Waals surface area contributed by atoms with E-state index in [1.165, 1.54) is 10.5 Å². The van der Waals surface area contributed by atoms with E-state index in [9.17, 15) is 13.2 Å². The minimum absolute atomic E-state index is 0.142. The molecule has 1 N–H and O–H groups in total. The first-order valence-electron chi connectivity index (χ1n) is 10.4. The van der Waals surface area contributed by atoms with Gasteiger partial charge in [0.05, 0.1) is 28.7 Å². The third-order valence-corrected chi connectivity index (χ3v) is 7.59. The van der Waals surface area contributed by atoms with E-state index >= 15 is 0 Å². The molecule has 0 spiro atoms. The second-order valence-corrected chi connectivity index (χ2v) is 10.1. The third kappa shape index (κ3) is 5.16. The van der Waals surface area contributed by atoms with E-state index in [2.05, 4.69) is 15.1 Å². The van der Waals surface area contributed by atoms with Gasteiger partial charge in [0, 0.05) is 29.6 Å². The zero-order chi connectivity index (χ0) is 23.4. The number of amides is 1. The highest BCUT2D eigenvalue weighted by Gasteiger charge is 2.24. The van der Waals surface area contributed by atoms with Gasteiger partial charge >= 0.3 is 0 Å². The number of anilines is 2. The summed E-state index contributed by atoms with van der Waals surface area (Å²) in [6.45, 7) is 7.48. The summed E-state index contributed by atoms with van der Waals surface area (Å²) in [5, 5.41) is 3.31. The average molecular weight is 481 g/mol. The Hall–Kier alpha value is -3.41. The van der Waals surface area contributed by atoms with Gasteiger partial charge in [-0.05, 0) is 61.4 Å². The van der Waals surface area contributed by atoms with Crippen LogP contribution in [0.5, 0.6) is 0 Å². The molecule has 0 bridgehead atoms. The van der Waals surface area contributed by atoms with Crippen molar-refractivity contribution in [1.82, 2.24) is 4.98 Å². The molecule has 7 nitrogen and oxygen atoms in total. The Labute approximate surface area is 197 Å². The van der Waals surface area contributed by atoms with Crippen LogP contribution in [0.3, 0.4) is 0 Å². The summed E-state index contributed by atoms with van der Waals surface area (Å²) in [6, 6.07) is 15.0. The van der Waals surface area contributed by atoms with E-state index in [1.54, 1.807) is 54.6 Å². The number of halogens is 1. The number of carbonyl (C=O) groups excluding carboxylic acids is 1. The van der Waals surface area contributed by atoms with Crippen molar-refractivity contribution in [2.75, 3.05) is 21.9 Å². The van der Waals surface area contributed by atoms with Crippen LogP contribution in [0.4, 0.5) is 17.1 Å². The highest BCUT2D eigenvalue weighted by atomic mass is 35.5. The second kappa shape index (κ2) is 9.61. The molecule has 0 unspecified atom stereocenters. The molecule has 1 aromatic heterocycles. The first-order chi connectivity index (χ1) is 15.9. The fourth-order valence-electron chi connectivity index (χ4n) is 3.65. The van der Waals surface area contributed by atoms with E-state index in [0.29, 0.717) is 51.9 Å². The number of carbonyl (C=O) groups is 1. The van der Waals surface area contributed by atoms with Crippen molar-refractivity contribution in [3.05, 3.63) is 82.8 Å². The number of hydrogen-bond donors (Lipinski definition) is 1. The van der Waals surface area contributed by atoms with Gasteiger partial charge in [-0.15, -0.1) is 0 Å². The zero-order valence-electron chi connectivity index (χ0n) is 17.7. The SMILES string of the molecule is [C-]#[N+]c1ccc(-c2cc(NC(=O)c3ccc(N4CCCCCS4(=O)=O)cc3)ccc2Cl)nc1. The van der Waals surface area contributed by atoms with Crippen molar-refractivity contribution in [3.8, 4) is 11.3 Å². The lowest BCUT2D eigenvalue weighted by Gasteiger charge is -2.22. The van der Waals surface area contributed by atoms with Gasteiger partial charge in [-0.2, -0.15) is 0 Å². The van der Waals surface area contributed by atoms with Gasteiger partial charge in [0.15, 0.2) is 0 Å². The van der Waals surface area contributed by atoms with Crippen LogP contribution in [0.15, 0.2) is 60.8 Å². The summed E-state index contributed by atoms with van der Waals surface area (Å²) in [4.78, 5) is 20.4. The van der Waals surface area contributed by atoms with E-state index in [1.807, 2.05) is 0 Å². The Morgan fingerprint density at radius 3 is 2.55 bits per heavy atom. The minimum atomic E-state index is -3.34. The molecule has 4 rings (SSSR count). The van der Waals surface area contributed by atoms with Gasteiger partial charge in [0.1, 0.15) is 0 Å². The molecule has 2 heterocycles. The van der Waals surface area contributed by atoms with Crippen molar-refractivity contribution < 1.29 is 13.2 Å². The predicted octanol–water partition coefficient (Wildman–Crippen LogP) is 5.53. The van der Waals surface area contributed by atoms with Crippen molar-refractivity contribution >= 4 is 44.6 Å². The molecule has 9 heteroatoms. The van der Waals surface area contributed by atoms with E-state index in [-0.39, 0.29) is 11.7 Å². The van der Waals surface area contributed by atoms with Crippen LogP contribution < -0.4 is 9.62 Å². The maximum absolute atomic E-state index is 12.8. The largest absolute Gasteiger partial charge is 0.322 e. The third-order valence-electron chi connectivity index (χ3n) is 5.39. The standard InChI is InChI=1S/C24H21ClN4O3S/c1-26-19-8-12-23(27-16-19)21-15-18(7-11-22(21)25)28-24(30)17-5-9-20(10-6-17)29-13-3-2-4-14-33(29,31)32/h5-12,15-16H,2-4,13-14H2,(H,28,30). The average Bonchev–Trinajstić information content (AvgIpc) is 3.00. The Bertz CT molecular complexity index is 1320. The molecule has 0 saturated carbocycles. The number of benzene rings is 2. The molecular formula is C24H21ClN4O3S. The highest BCUT2D eigenvalue weighted by Crippen LogP contribution is 2.30. The highest BCUT2D eigenvalue weighted by molar-refractivity contribution is 7.92. The Balaban J connectivity index is 1.52. The monoisotopic (exact) mass is 480 g/mol. The molecule has 1 saturated heterocycles. The van der Waals surface area contributed by atoms with Crippen molar-refractivity contribution in [3.63, 3.8) is 0 Å². The first-order valence-corrected chi connectivity index (χ1v) is 12.4. The molecule has 0 atom stereocenters. The Morgan fingerprint density at radius 2 is 1.85 bits per heavy atom. The van der Waals surface area contributed by atoms with Crippen LogP contribution in [0, 0.1) is 6.57 Å². The van der Waals surface area contributed by atoms with Crippen LogP contribution in [-0.2, 0) is 10.0 Å². The lowest BCUT2D eigenvalue weighted by atomic mass is 10.1. The summed E-state index contributed by atoms with van der Waals surface area (Å²) >= 11 is 6.32. The smallest absolute Gasteiger partial charge is 0.255 e. The van der Waals surface area contributed by atoms with Crippen LogP contribution in [0.1, 0.15) is 29.6 Å². The Morgan fingerprint density at radius 1 is 1.06 bits per heavy atom. The summed E-state index contributed by atoms with van der Waals surface area (Å²) in [6.07, 6.45) is 3.84. The number of nitrogens with one attached hydrogen (secondary N) is 1. The van der Waals surface area contributed by atoms with Crippen molar-refractivity contribution in [2.45, 2.75) is 19.3 Å². The maximum atomic E-state index is 12.8. The van der Waals surface area contributed by atoms with E-state index in [4.69, 9.17) is 18.2 Å². The predicted molar refractivity (Wildman–Crippen MR) is 130 cm³/mol. The van der Waals surface area contributed by atoms with Gasteiger partial charge in [-0.1, -0.05) is 24.1 Å². The van der Waals surface area contributed by atoms with Gasteiger partial charge in [0.2, 0.25) is 15.7 Å². The lowest BCUT2D eigenvalue weighted by Crippen LogP contribution is -2.32. The minimum Gasteiger partial charge on any atom is -0.322 e. The molecule has 33 heavy (non-hydrogen) atoms. The number of hydrogen-bond acceptors (Lipinski definition) is 4. The van der Waals surface area contributed by atoms with Crippen LogP contribution >= 0.6 is 11.6 Å². The molecule has 1 amide bonds. The van der Waals surface area contributed by atoms with Crippen LogP contribution in [0.2, 0.25) is 5.02 Å². The summed E-state index contributed by atoms with van der Waals surface area (Å²) in [5.41, 5.74) is 3.16. The number of sulfonamides is 1. The molecule has 1 aliphatic heterocycles. The molecule has 2 aromatic carbocycles. The van der Waals surface area contributed by atoms with Gasteiger partial charge in [0.25, 0.3) is 5.91 Å². The molecule has 0 aliphatic carbocycles. The van der Waals surface area contributed by atoms with Crippen molar-refractivity contribution in [2.24, 2.45) is 0 Å². The molecular weight excluding hydrogens is 460 g/mol. The van der Waals surface area contributed by atoms with Gasteiger partial charge < -0.3 is 5.32 Å². The summed E-state index contributed by atoms with van der Waals surface area (Å²) in [5.74, 6) is -0.186. The Kier molecular flexibility index (Phi) is 6.63. The first kappa shape index (κ1) is 22.8. The van der Waals surface area contributed by atoms with Gasteiger partial charge in [-0.25, -0.2) is 13.3 Å². The molecule has 1 fully saturated rings. The molecule has 0 radical (unpaired) electrons. The normalized spacial score (nSPS) is 15.3. The molecule has 1 aliphatic rings. The fourth-order valence-corrected chi connectivity index (χ4v) is 5.50. The topological polar surface area (TPSA) is 83.7 Å². The second-order valence-electron chi connectivity index (χ2n) is 7.66. The number of nitrogens with zero attached hydrogens (tertiary/aromatic N) is 3. The molecule has 168 valence electrons. The van der Waals surface area contributed by atoms with Crippen LogP contribution in [0.25, 0.3) is 16.1 Å². The quantitative estimate of drug-likeness (QED) is 0.498. The summed E-state index contributed by atoms with van der Waals surface area (Å²) in [7, 11) is -3.34. The molecule has 3 aromatic rings.